The van der Waals surface area contributed by atoms with Crippen molar-refractivity contribution in [2.75, 3.05) is 11.6 Å². The first-order valence-electron chi connectivity index (χ1n) is 7.28. The van der Waals surface area contributed by atoms with Crippen LogP contribution in [0.15, 0.2) is 24.3 Å². The number of hydrogen-bond donors (Lipinski definition) is 1. The first-order valence-corrected chi connectivity index (χ1v) is 10.2. The molecule has 0 spiro atoms. The normalized spacial score (nSPS) is 11.4. The Morgan fingerprint density at radius 3 is 2.52 bits per heavy atom. The zero-order valence-electron chi connectivity index (χ0n) is 13.1. The molecule has 0 bridgehead atoms. The van der Waals surface area contributed by atoms with E-state index in [1.54, 1.807) is 24.3 Å². The van der Waals surface area contributed by atoms with Crippen molar-refractivity contribution < 1.29 is 13.2 Å². The van der Waals surface area contributed by atoms with E-state index in [1.807, 2.05) is 0 Å². The summed E-state index contributed by atoms with van der Waals surface area (Å²) in [5.74, 6) is -0.319. The number of aryl methyl sites for hydroxylation is 1. The molecule has 0 fully saturated rings. The number of unbranched alkanes of at least 4 members (excludes halogenated alkanes) is 1. The second-order valence-electron chi connectivity index (χ2n) is 5.33. The maximum atomic E-state index is 12.1. The fourth-order valence-electron chi connectivity index (χ4n) is 1.96. The summed E-state index contributed by atoms with van der Waals surface area (Å²) in [5, 5.41) is 12.1. The molecule has 1 aromatic heterocycles. The van der Waals surface area contributed by atoms with Gasteiger partial charge in [0.15, 0.2) is 9.84 Å². The predicted molar refractivity (Wildman–Crippen MR) is 91.5 cm³/mol. The number of amides is 1. The van der Waals surface area contributed by atoms with Gasteiger partial charge < -0.3 is 0 Å². The third-order valence-corrected chi connectivity index (χ3v) is 4.83. The Bertz CT molecular complexity index is 768. The highest BCUT2D eigenvalue weighted by Gasteiger charge is 2.11. The van der Waals surface area contributed by atoms with Gasteiger partial charge in [0.2, 0.25) is 5.13 Å². The number of hydrogen-bond acceptors (Lipinski definition) is 6. The van der Waals surface area contributed by atoms with Gasteiger partial charge in [-0.15, -0.1) is 10.2 Å². The van der Waals surface area contributed by atoms with Crippen LogP contribution in [0.25, 0.3) is 0 Å². The molecule has 0 saturated carbocycles. The number of sulfone groups is 1. The van der Waals surface area contributed by atoms with Crippen molar-refractivity contribution in [3.05, 3.63) is 40.4 Å². The van der Waals surface area contributed by atoms with Crippen LogP contribution in [0, 0.1) is 0 Å². The lowest BCUT2D eigenvalue weighted by atomic mass is 10.1. The van der Waals surface area contributed by atoms with Gasteiger partial charge in [-0.05, 0) is 24.1 Å². The zero-order valence-corrected chi connectivity index (χ0v) is 14.7. The summed E-state index contributed by atoms with van der Waals surface area (Å²) < 4.78 is 22.5. The molecule has 0 aliphatic carbocycles. The van der Waals surface area contributed by atoms with E-state index in [2.05, 4.69) is 22.4 Å². The molecule has 1 amide bonds. The van der Waals surface area contributed by atoms with Gasteiger partial charge in [0, 0.05) is 18.2 Å². The molecule has 1 N–H and O–H groups in total. The number of benzene rings is 1. The Hall–Kier alpha value is -1.80. The number of anilines is 1. The fraction of sp³-hybridized carbons (Fsp3) is 0.400. The van der Waals surface area contributed by atoms with E-state index in [9.17, 15) is 13.2 Å². The topological polar surface area (TPSA) is 89.0 Å². The summed E-state index contributed by atoms with van der Waals surface area (Å²) >= 11 is 1.37. The van der Waals surface area contributed by atoms with E-state index >= 15 is 0 Å². The molecule has 1 heterocycles. The first kappa shape index (κ1) is 17.6. The summed E-state index contributed by atoms with van der Waals surface area (Å²) in [6, 6.07) is 6.50. The highest BCUT2D eigenvalue weighted by Crippen LogP contribution is 2.18. The van der Waals surface area contributed by atoms with Crippen LogP contribution in [0.2, 0.25) is 0 Å². The van der Waals surface area contributed by atoms with Crippen LogP contribution in [0.4, 0.5) is 5.13 Å². The Morgan fingerprint density at radius 2 is 1.91 bits per heavy atom. The molecule has 2 aromatic rings. The van der Waals surface area contributed by atoms with E-state index < -0.39 is 9.84 Å². The second-order valence-corrected chi connectivity index (χ2v) is 8.53. The number of nitrogens with one attached hydrogen (secondary N) is 1. The molecule has 0 radical (unpaired) electrons. The van der Waals surface area contributed by atoms with Crippen molar-refractivity contribution in [3.63, 3.8) is 0 Å². The third-order valence-electron chi connectivity index (χ3n) is 3.08. The third kappa shape index (κ3) is 5.72. The summed E-state index contributed by atoms with van der Waals surface area (Å²) in [6.07, 6.45) is 4.18. The summed E-state index contributed by atoms with van der Waals surface area (Å²) in [7, 11) is -3.08. The summed E-state index contributed by atoms with van der Waals surface area (Å²) in [4.78, 5) is 12.1. The maximum absolute atomic E-state index is 12.1. The lowest BCUT2D eigenvalue weighted by molar-refractivity contribution is 0.102. The number of carbonyl (C=O) groups is 1. The second kappa shape index (κ2) is 7.65. The molecule has 8 heteroatoms. The van der Waals surface area contributed by atoms with E-state index in [0.717, 1.165) is 24.3 Å². The van der Waals surface area contributed by atoms with Crippen LogP contribution in [0.1, 0.15) is 40.7 Å². The Kier molecular flexibility index (Phi) is 5.84. The molecule has 23 heavy (non-hydrogen) atoms. The molecule has 2 rings (SSSR count). The van der Waals surface area contributed by atoms with Crippen molar-refractivity contribution in [2.24, 2.45) is 0 Å². The van der Waals surface area contributed by atoms with Crippen molar-refractivity contribution in [2.45, 2.75) is 31.9 Å². The molecule has 0 saturated heterocycles. The summed E-state index contributed by atoms with van der Waals surface area (Å²) in [6.45, 7) is 2.11. The Balaban J connectivity index is 1.99. The van der Waals surface area contributed by atoms with Crippen molar-refractivity contribution in [1.29, 1.82) is 0 Å². The van der Waals surface area contributed by atoms with Gasteiger partial charge in [-0.3, -0.25) is 10.1 Å². The monoisotopic (exact) mass is 353 g/mol. The Morgan fingerprint density at radius 1 is 1.22 bits per heavy atom. The van der Waals surface area contributed by atoms with Crippen LogP contribution in [-0.4, -0.2) is 30.8 Å². The molecule has 0 atom stereocenters. The lowest BCUT2D eigenvalue weighted by Crippen LogP contribution is -2.11. The minimum atomic E-state index is -3.08. The molecule has 1 aromatic carbocycles. The fourth-order valence-corrected chi connectivity index (χ4v) is 3.53. The van der Waals surface area contributed by atoms with Crippen LogP contribution < -0.4 is 5.32 Å². The molecule has 6 nitrogen and oxygen atoms in total. The average molecular weight is 353 g/mol. The molecular weight excluding hydrogens is 334 g/mol. The van der Waals surface area contributed by atoms with E-state index in [0.29, 0.717) is 16.3 Å². The SMILES string of the molecule is CCCCc1nnc(NC(=O)c2ccc(CS(C)(=O)=O)cc2)s1. The number of aromatic nitrogens is 2. The van der Waals surface area contributed by atoms with Crippen LogP contribution in [-0.2, 0) is 22.0 Å². The van der Waals surface area contributed by atoms with E-state index in [1.165, 1.54) is 17.6 Å². The summed E-state index contributed by atoms with van der Waals surface area (Å²) in [5.41, 5.74) is 1.11. The highest BCUT2D eigenvalue weighted by molar-refractivity contribution is 7.89. The maximum Gasteiger partial charge on any atom is 0.257 e. The van der Waals surface area contributed by atoms with Crippen molar-refractivity contribution in [3.8, 4) is 0 Å². The number of nitrogens with zero attached hydrogens (tertiary/aromatic N) is 2. The predicted octanol–water partition coefficient (Wildman–Crippen LogP) is 2.68. The zero-order chi connectivity index (χ0) is 16.9. The van der Waals surface area contributed by atoms with Crippen molar-refractivity contribution in [1.82, 2.24) is 10.2 Å². The van der Waals surface area contributed by atoms with E-state index in [-0.39, 0.29) is 11.7 Å². The minimum absolute atomic E-state index is 0.0356. The smallest absolute Gasteiger partial charge is 0.257 e. The van der Waals surface area contributed by atoms with Crippen LogP contribution >= 0.6 is 11.3 Å². The van der Waals surface area contributed by atoms with E-state index in [4.69, 9.17) is 0 Å². The first-order chi connectivity index (χ1) is 10.9. The molecular formula is C15H19N3O3S2. The van der Waals surface area contributed by atoms with Crippen LogP contribution in [0.5, 0.6) is 0 Å². The van der Waals surface area contributed by atoms with Gasteiger partial charge in [0.25, 0.3) is 5.91 Å². The molecule has 0 unspecified atom stereocenters. The Labute approximate surface area is 139 Å². The van der Waals surface area contributed by atoms with Gasteiger partial charge in [0.1, 0.15) is 5.01 Å². The van der Waals surface area contributed by atoms with Crippen LogP contribution in [0.3, 0.4) is 0 Å². The standard InChI is InChI=1S/C15H19N3O3S2/c1-3-4-5-13-17-18-15(22-13)16-14(19)12-8-6-11(7-9-12)10-23(2,20)21/h6-9H,3-5,10H2,1-2H3,(H,16,18,19). The largest absolute Gasteiger partial charge is 0.296 e. The van der Waals surface area contributed by atoms with Gasteiger partial charge in [0.05, 0.1) is 5.75 Å². The van der Waals surface area contributed by atoms with Gasteiger partial charge in [-0.25, -0.2) is 8.42 Å². The van der Waals surface area contributed by atoms with Gasteiger partial charge >= 0.3 is 0 Å². The van der Waals surface area contributed by atoms with Gasteiger partial charge in [-0.1, -0.05) is 36.8 Å². The van der Waals surface area contributed by atoms with Crippen molar-refractivity contribution >= 4 is 32.2 Å². The number of carbonyl (C=O) groups excluding carboxylic acids is 1. The quantitative estimate of drug-likeness (QED) is 0.826. The minimum Gasteiger partial charge on any atom is -0.296 e. The lowest BCUT2D eigenvalue weighted by Gasteiger charge is -2.03. The molecule has 0 aliphatic heterocycles. The molecule has 124 valence electrons. The highest BCUT2D eigenvalue weighted by atomic mass is 32.2. The number of rotatable bonds is 7. The average Bonchev–Trinajstić information content (AvgIpc) is 2.91. The van der Waals surface area contributed by atoms with Gasteiger partial charge in [-0.2, -0.15) is 0 Å². The molecule has 0 aliphatic rings.